The van der Waals surface area contributed by atoms with Crippen LogP contribution in [-0.4, -0.2) is 49.7 Å². The smallest absolute Gasteiger partial charge is 0.338 e. The Labute approximate surface area is 165 Å². The van der Waals surface area contributed by atoms with Gasteiger partial charge in [-0.15, -0.1) is 11.3 Å². The van der Waals surface area contributed by atoms with Gasteiger partial charge in [0.25, 0.3) is 11.6 Å². The number of hydrogen-bond donors (Lipinski definition) is 1. The van der Waals surface area contributed by atoms with E-state index in [0.717, 1.165) is 4.88 Å². The summed E-state index contributed by atoms with van der Waals surface area (Å²) in [5, 5.41) is 16.0. The number of esters is 1. The Balaban J connectivity index is 1.60. The number of hydrogen-bond acceptors (Lipinski definition) is 8. The molecule has 2 heterocycles. The van der Waals surface area contributed by atoms with Crippen molar-refractivity contribution in [3.8, 4) is 0 Å². The molecule has 1 aliphatic heterocycles. The highest BCUT2D eigenvalue weighted by Crippen LogP contribution is 2.30. The van der Waals surface area contributed by atoms with Gasteiger partial charge in [-0.3, -0.25) is 14.9 Å². The Morgan fingerprint density at radius 3 is 2.75 bits per heavy atom. The van der Waals surface area contributed by atoms with Gasteiger partial charge in [0.05, 0.1) is 30.2 Å². The summed E-state index contributed by atoms with van der Waals surface area (Å²) in [5.41, 5.74) is 0.270. The molecule has 1 saturated heterocycles. The van der Waals surface area contributed by atoms with Crippen molar-refractivity contribution in [1.82, 2.24) is 5.32 Å². The van der Waals surface area contributed by atoms with Crippen molar-refractivity contribution in [2.45, 2.75) is 6.54 Å². The lowest BCUT2D eigenvalue weighted by Gasteiger charge is -2.28. The Hall–Kier alpha value is -2.98. The number of benzene rings is 1. The molecule has 9 nitrogen and oxygen atoms in total. The predicted molar refractivity (Wildman–Crippen MR) is 103 cm³/mol. The van der Waals surface area contributed by atoms with Gasteiger partial charge in [0.1, 0.15) is 5.69 Å². The van der Waals surface area contributed by atoms with E-state index in [9.17, 15) is 19.7 Å². The Bertz CT molecular complexity index is 849. The van der Waals surface area contributed by atoms with E-state index in [-0.39, 0.29) is 11.3 Å². The van der Waals surface area contributed by atoms with Crippen LogP contribution in [0, 0.1) is 10.1 Å². The van der Waals surface area contributed by atoms with Crippen LogP contribution in [0.4, 0.5) is 11.4 Å². The Kier molecular flexibility index (Phi) is 6.56. The van der Waals surface area contributed by atoms with Crippen LogP contribution in [0.5, 0.6) is 0 Å². The average Bonchev–Trinajstić information content (AvgIpc) is 3.24. The third-order valence-electron chi connectivity index (χ3n) is 4.13. The maximum Gasteiger partial charge on any atom is 0.338 e. The number of nitro benzene ring substituents is 1. The maximum absolute atomic E-state index is 12.2. The lowest BCUT2D eigenvalue weighted by Crippen LogP contribution is -2.36. The molecule has 0 saturated carbocycles. The lowest BCUT2D eigenvalue weighted by atomic mass is 10.1. The summed E-state index contributed by atoms with van der Waals surface area (Å²) in [6, 6.07) is 7.92. The molecule has 0 spiro atoms. The van der Waals surface area contributed by atoms with E-state index in [1.807, 2.05) is 22.4 Å². The van der Waals surface area contributed by atoms with E-state index >= 15 is 0 Å². The fourth-order valence-corrected chi connectivity index (χ4v) is 3.38. The fraction of sp³-hybridized carbons (Fsp3) is 0.333. The van der Waals surface area contributed by atoms with Crippen LogP contribution in [0.1, 0.15) is 15.2 Å². The number of nitrogens with one attached hydrogen (secondary N) is 1. The van der Waals surface area contributed by atoms with Crippen molar-refractivity contribution in [3.63, 3.8) is 0 Å². The Morgan fingerprint density at radius 2 is 2.07 bits per heavy atom. The molecule has 0 atom stereocenters. The highest BCUT2D eigenvalue weighted by Gasteiger charge is 2.24. The van der Waals surface area contributed by atoms with E-state index in [2.05, 4.69) is 5.32 Å². The molecular weight excluding hydrogens is 386 g/mol. The summed E-state index contributed by atoms with van der Waals surface area (Å²) in [7, 11) is 0. The summed E-state index contributed by atoms with van der Waals surface area (Å²) in [4.78, 5) is 37.7. The van der Waals surface area contributed by atoms with E-state index in [1.54, 1.807) is 0 Å². The van der Waals surface area contributed by atoms with E-state index in [4.69, 9.17) is 9.47 Å². The van der Waals surface area contributed by atoms with Gasteiger partial charge in [-0.25, -0.2) is 4.79 Å². The van der Waals surface area contributed by atoms with Crippen LogP contribution < -0.4 is 10.2 Å². The number of thiophene rings is 1. The molecule has 0 radical (unpaired) electrons. The molecule has 0 aliphatic carbocycles. The zero-order valence-corrected chi connectivity index (χ0v) is 15.8. The Morgan fingerprint density at radius 1 is 1.29 bits per heavy atom. The molecule has 1 aromatic heterocycles. The SMILES string of the molecule is O=C(COC(=O)c1ccc(N2CCOCC2)c([N+](=O)[O-])c1)NCc1cccs1. The summed E-state index contributed by atoms with van der Waals surface area (Å²) in [6.45, 7) is 1.95. The summed E-state index contributed by atoms with van der Waals surface area (Å²) < 4.78 is 10.2. The van der Waals surface area contributed by atoms with Crippen LogP contribution in [0.25, 0.3) is 0 Å². The van der Waals surface area contributed by atoms with Crippen LogP contribution in [0.2, 0.25) is 0 Å². The summed E-state index contributed by atoms with van der Waals surface area (Å²) in [6.07, 6.45) is 0. The average molecular weight is 405 g/mol. The second-order valence-electron chi connectivity index (χ2n) is 5.99. The molecular formula is C18H19N3O6S. The number of ether oxygens (including phenoxy) is 2. The van der Waals surface area contributed by atoms with Gasteiger partial charge in [-0.1, -0.05) is 6.07 Å². The third kappa shape index (κ3) is 5.05. The lowest BCUT2D eigenvalue weighted by molar-refractivity contribution is -0.384. The largest absolute Gasteiger partial charge is 0.452 e. The van der Waals surface area contributed by atoms with Gasteiger partial charge >= 0.3 is 5.97 Å². The number of rotatable bonds is 7. The highest BCUT2D eigenvalue weighted by molar-refractivity contribution is 7.09. The van der Waals surface area contributed by atoms with Gasteiger partial charge in [-0.2, -0.15) is 0 Å². The first-order chi connectivity index (χ1) is 13.5. The minimum Gasteiger partial charge on any atom is -0.452 e. The van der Waals surface area contributed by atoms with Crippen LogP contribution in [0.15, 0.2) is 35.7 Å². The van der Waals surface area contributed by atoms with Crippen molar-refractivity contribution in [2.75, 3.05) is 37.8 Å². The normalized spacial score (nSPS) is 13.8. The molecule has 1 aliphatic rings. The molecule has 2 aromatic rings. The fourth-order valence-electron chi connectivity index (χ4n) is 2.73. The van der Waals surface area contributed by atoms with E-state index in [0.29, 0.717) is 38.5 Å². The van der Waals surface area contributed by atoms with Crippen LogP contribution in [-0.2, 0) is 20.8 Å². The minimum atomic E-state index is -0.789. The maximum atomic E-state index is 12.2. The third-order valence-corrected chi connectivity index (χ3v) is 5.01. The quantitative estimate of drug-likeness (QED) is 0.426. The highest BCUT2D eigenvalue weighted by atomic mass is 32.1. The first kappa shape index (κ1) is 19.8. The molecule has 10 heteroatoms. The number of carbonyl (C=O) groups excluding carboxylic acids is 2. The summed E-state index contributed by atoms with van der Waals surface area (Å²) in [5.74, 6) is -1.23. The number of morpholine rings is 1. The van der Waals surface area contributed by atoms with Crippen molar-refractivity contribution in [2.24, 2.45) is 0 Å². The molecule has 3 rings (SSSR count). The van der Waals surface area contributed by atoms with Crippen LogP contribution in [0.3, 0.4) is 0 Å². The second kappa shape index (κ2) is 9.29. The topological polar surface area (TPSA) is 111 Å². The standard InChI is InChI=1S/C18H19N3O6S/c22-17(19-11-14-2-1-9-28-14)12-27-18(23)13-3-4-15(16(10-13)21(24)25)20-5-7-26-8-6-20/h1-4,9-10H,5-8,11-12H2,(H,19,22). The second-order valence-corrected chi connectivity index (χ2v) is 7.02. The number of nitro groups is 1. The van der Waals surface area contributed by atoms with E-state index < -0.39 is 23.4 Å². The first-order valence-corrected chi connectivity index (χ1v) is 9.50. The minimum absolute atomic E-state index is 0.0229. The summed E-state index contributed by atoms with van der Waals surface area (Å²) >= 11 is 1.51. The van der Waals surface area contributed by atoms with Crippen molar-refractivity contribution < 1.29 is 24.0 Å². The monoisotopic (exact) mass is 405 g/mol. The molecule has 28 heavy (non-hydrogen) atoms. The van der Waals surface area contributed by atoms with Crippen molar-refractivity contribution in [3.05, 3.63) is 56.3 Å². The molecule has 0 unspecified atom stereocenters. The van der Waals surface area contributed by atoms with Gasteiger partial charge in [0.15, 0.2) is 6.61 Å². The molecule has 1 fully saturated rings. The van der Waals surface area contributed by atoms with Crippen molar-refractivity contribution >= 4 is 34.6 Å². The van der Waals surface area contributed by atoms with Gasteiger partial charge in [-0.05, 0) is 23.6 Å². The van der Waals surface area contributed by atoms with Gasteiger partial charge in [0.2, 0.25) is 0 Å². The molecule has 1 amide bonds. The van der Waals surface area contributed by atoms with Gasteiger partial charge < -0.3 is 19.7 Å². The number of carbonyl (C=O) groups is 2. The number of anilines is 1. The zero-order chi connectivity index (χ0) is 19.9. The zero-order valence-electron chi connectivity index (χ0n) is 15.0. The van der Waals surface area contributed by atoms with Crippen molar-refractivity contribution in [1.29, 1.82) is 0 Å². The number of amides is 1. The predicted octanol–water partition coefficient (Wildman–Crippen LogP) is 1.97. The first-order valence-electron chi connectivity index (χ1n) is 8.62. The molecule has 0 bridgehead atoms. The number of nitrogens with zero attached hydrogens (tertiary/aromatic N) is 2. The molecule has 148 valence electrons. The van der Waals surface area contributed by atoms with Gasteiger partial charge in [0, 0.05) is 24.0 Å². The molecule has 1 aromatic carbocycles. The van der Waals surface area contributed by atoms with E-state index in [1.165, 1.54) is 29.5 Å². The molecule has 1 N–H and O–H groups in total. The van der Waals surface area contributed by atoms with Crippen LogP contribution >= 0.6 is 11.3 Å².